The summed E-state index contributed by atoms with van der Waals surface area (Å²) in [6.07, 6.45) is 0. The van der Waals surface area contributed by atoms with Gasteiger partial charge in [0.1, 0.15) is 5.82 Å². The Hall–Kier alpha value is -3.26. The van der Waals surface area contributed by atoms with Gasteiger partial charge in [-0.1, -0.05) is 29.8 Å². The molecular weight excluding hydrogens is 375 g/mol. The summed E-state index contributed by atoms with van der Waals surface area (Å²) in [5.41, 5.74) is 3.75. The zero-order valence-corrected chi connectivity index (χ0v) is 16.9. The molecule has 4 amide bonds. The molecule has 0 unspecified atom stereocenters. The fraction of sp³-hybridized carbons (Fsp3) is 0.286. The predicted octanol–water partition coefficient (Wildman–Crippen LogP) is 2.97. The number of aryl methyl sites for hydroxylation is 3. The molecule has 2 aromatic rings. The Morgan fingerprint density at radius 3 is 2.14 bits per heavy atom. The zero-order chi connectivity index (χ0) is 21.6. The van der Waals surface area contributed by atoms with Crippen molar-refractivity contribution in [1.82, 2.24) is 10.2 Å². The second-order valence-corrected chi connectivity index (χ2v) is 6.98. The quantitative estimate of drug-likeness (QED) is 0.695. The third-order valence-corrected chi connectivity index (χ3v) is 4.14. The summed E-state index contributed by atoms with van der Waals surface area (Å²) in [4.78, 5) is 37.6. The average molecular weight is 400 g/mol. The Morgan fingerprint density at radius 1 is 0.931 bits per heavy atom. The number of rotatable bonds is 6. The highest BCUT2D eigenvalue weighted by Gasteiger charge is 2.15. The first-order chi connectivity index (χ1) is 13.7. The number of likely N-dealkylation sites (N-methyl/N-ethyl adjacent to an activating group) is 1. The minimum atomic E-state index is -0.844. The van der Waals surface area contributed by atoms with Gasteiger partial charge in [-0.25, -0.2) is 9.18 Å². The number of carbonyl (C=O) groups is 3. The summed E-state index contributed by atoms with van der Waals surface area (Å²) < 4.78 is 13.5. The van der Waals surface area contributed by atoms with Crippen LogP contribution >= 0.6 is 0 Å². The Labute approximate surface area is 169 Å². The van der Waals surface area contributed by atoms with E-state index in [2.05, 4.69) is 16.0 Å². The summed E-state index contributed by atoms with van der Waals surface area (Å²) >= 11 is 0. The lowest BCUT2D eigenvalue weighted by Crippen LogP contribution is -2.42. The molecule has 0 radical (unpaired) electrons. The van der Waals surface area contributed by atoms with E-state index >= 15 is 0 Å². The maximum Gasteiger partial charge on any atom is 0.326 e. The molecule has 8 heteroatoms. The zero-order valence-electron chi connectivity index (χ0n) is 16.9. The standard InChI is InChI=1S/C21H25FN4O3/c1-13-9-14(2)20(15(3)10-13)24-18(27)11-26(4)12-19(28)25-21(29)23-17-8-6-5-7-16(17)22/h5-10H,11-12H2,1-4H3,(H,24,27)(H2,23,25,28,29). The molecular formula is C21H25FN4O3. The third-order valence-electron chi connectivity index (χ3n) is 4.14. The number of anilines is 2. The molecule has 0 spiro atoms. The number of urea groups is 1. The van der Waals surface area contributed by atoms with Crippen LogP contribution in [0.2, 0.25) is 0 Å². The molecule has 2 rings (SSSR count). The molecule has 0 atom stereocenters. The van der Waals surface area contributed by atoms with E-state index < -0.39 is 17.8 Å². The first-order valence-corrected chi connectivity index (χ1v) is 9.07. The van der Waals surface area contributed by atoms with E-state index in [1.54, 1.807) is 13.1 Å². The second kappa shape index (κ2) is 9.79. The van der Waals surface area contributed by atoms with Crippen molar-refractivity contribution in [2.24, 2.45) is 0 Å². The topological polar surface area (TPSA) is 90.5 Å². The first-order valence-electron chi connectivity index (χ1n) is 9.07. The van der Waals surface area contributed by atoms with Crippen molar-refractivity contribution in [3.05, 3.63) is 58.9 Å². The van der Waals surface area contributed by atoms with E-state index in [9.17, 15) is 18.8 Å². The van der Waals surface area contributed by atoms with Gasteiger partial charge in [0.25, 0.3) is 0 Å². The van der Waals surface area contributed by atoms with E-state index in [1.165, 1.54) is 23.1 Å². The molecule has 7 nitrogen and oxygen atoms in total. The van der Waals surface area contributed by atoms with E-state index in [-0.39, 0.29) is 24.7 Å². The van der Waals surface area contributed by atoms with Gasteiger partial charge in [0.05, 0.1) is 18.8 Å². The Bertz CT molecular complexity index is 907. The number of carbonyl (C=O) groups excluding carboxylic acids is 3. The van der Waals surface area contributed by atoms with Crippen LogP contribution < -0.4 is 16.0 Å². The van der Waals surface area contributed by atoms with Crippen LogP contribution in [0.5, 0.6) is 0 Å². The van der Waals surface area contributed by atoms with Crippen molar-refractivity contribution >= 4 is 29.2 Å². The predicted molar refractivity (Wildman–Crippen MR) is 110 cm³/mol. The number of benzene rings is 2. The van der Waals surface area contributed by atoms with Crippen LogP contribution in [0, 0.1) is 26.6 Å². The van der Waals surface area contributed by atoms with Crippen LogP contribution in [0.4, 0.5) is 20.6 Å². The van der Waals surface area contributed by atoms with Crippen molar-refractivity contribution in [1.29, 1.82) is 0 Å². The minimum Gasteiger partial charge on any atom is -0.324 e. The molecule has 0 saturated heterocycles. The largest absolute Gasteiger partial charge is 0.326 e. The molecule has 0 saturated carbocycles. The van der Waals surface area contributed by atoms with Crippen molar-refractivity contribution in [3.8, 4) is 0 Å². The van der Waals surface area contributed by atoms with Crippen LogP contribution in [-0.4, -0.2) is 42.9 Å². The first kappa shape index (κ1) is 22.0. The highest BCUT2D eigenvalue weighted by Crippen LogP contribution is 2.21. The van der Waals surface area contributed by atoms with Crippen molar-refractivity contribution in [3.63, 3.8) is 0 Å². The van der Waals surface area contributed by atoms with E-state index in [0.717, 1.165) is 22.4 Å². The van der Waals surface area contributed by atoms with Crippen LogP contribution in [-0.2, 0) is 9.59 Å². The highest BCUT2D eigenvalue weighted by atomic mass is 19.1. The van der Waals surface area contributed by atoms with Gasteiger partial charge in [0, 0.05) is 5.69 Å². The van der Waals surface area contributed by atoms with Crippen molar-refractivity contribution in [2.45, 2.75) is 20.8 Å². The summed E-state index contributed by atoms with van der Waals surface area (Å²) in [5.74, 6) is -1.49. The van der Waals surface area contributed by atoms with Crippen LogP contribution in [0.25, 0.3) is 0 Å². The number of nitrogens with one attached hydrogen (secondary N) is 3. The van der Waals surface area contributed by atoms with Gasteiger partial charge in [-0.05, 0) is 51.1 Å². The number of hydrogen-bond donors (Lipinski definition) is 3. The smallest absolute Gasteiger partial charge is 0.324 e. The molecule has 0 aromatic heterocycles. The van der Waals surface area contributed by atoms with Crippen molar-refractivity contribution in [2.75, 3.05) is 30.8 Å². The molecule has 0 heterocycles. The van der Waals surface area contributed by atoms with Crippen LogP contribution in [0.15, 0.2) is 36.4 Å². The lowest BCUT2D eigenvalue weighted by Gasteiger charge is -2.17. The normalized spacial score (nSPS) is 10.6. The highest BCUT2D eigenvalue weighted by molar-refractivity contribution is 6.02. The molecule has 0 bridgehead atoms. The van der Waals surface area contributed by atoms with Gasteiger partial charge >= 0.3 is 6.03 Å². The van der Waals surface area contributed by atoms with Crippen LogP contribution in [0.1, 0.15) is 16.7 Å². The molecule has 0 aliphatic rings. The van der Waals surface area contributed by atoms with Gasteiger partial charge in [-0.15, -0.1) is 0 Å². The Morgan fingerprint density at radius 2 is 1.52 bits per heavy atom. The number of halogens is 1. The number of amides is 4. The Balaban J connectivity index is 1.83. The number of hydrogen-bond acceptors (Lipinski definition) is 4. The maximum absolute atomic E-state index is 13.5. The number of nitrogens with zero attached hydrogens (tertiary/aromatic N) is 1. The van der Waals surface area contributed by atoms with Gasteiger partial charge in [-0.3, -0.25) is 19.8 Å². The molecule has 29 heavy (non-hydrogen) atoms. The maximum atomic E-state index is 13.5. The monoisotopic (exact) mass is 400 g/mol. The van der Waals surface area contributed by atoms with E-state index in [0.29, 0.717) is 0 Å². The van der Waals surface area contributed by atoms with Gasteiger partial charge in [0.2, 0.25) is 11.8 Å². The Kier molecular flexibility index (Phi) is 7.44. The molecule has 154 valence electrons. The second-order valence-electron chi connectivity index (χ2n) is 6.98. The van der Waals surface area contributed by atoms with Crippen molar-refractivity contribution < 1.29 is 18.8 Å². The fourth-order valence-electron chi connectivity index (χ4n) is 2.98. The molecule has 2 aromatic carbocycles. The minimum absolute atomic E-state index is 0.0326. The third kappa shape index (κ3) is 6.69. The SMILES string of the molecule is Cc1cc(C)c(NC(=O)CN(C)CC(=O)NC(=O)Nc2ccccc2F)c(C)c1. The van der Waals surface area contributed by atoms with Crippen LogP contribution in [0.3, 0.4) is 0 Å². The van der Waals surface area contributed by atoms with E-state index in [1.807, 2.05) is 32.9 Å². The lowest BCUT2D eigenvalue weighted by atomic mass is 10.1. The summed E-state index contributed by atoms with van der Waals surface area (Å²) in [6, 6.07) is 8.74. The average Bonchev–Trinajstić information content (AvgIpc) is 2.59. The number of imide groups is 1. The molecule has 3 N–H and O–H groups in total. The van der Waals surface area contributed by atoms with E-state index in [4.69, 9.17) is 0 Å². The summed E-state index contributed by atoms with van der Waals surface area (Å²) in [7, 11) is 1.59. The molecule has 0 fully saturated rings. The van der Waals surface area contributed by atoms with Gasteiger partial charge < -0.3 is 10.6 Å². The summed E-state index contributed by atoms with van der Waals surface area (Å²) in [6.45, 7) is 5.61. The van der Waals surface area contributed by atoms with Gasteiger partial charge in [-0.2, -0.15) is 0 Å². The fourth-order valence-corrected chi connectivity index (χ4v) is 2.98. The lowest BCUT2D eigenvalue weighted by molar-refractivity contribution is -0.122. The van der Waals surface area contributed by atoms with Gasteiger partial charge in [0.15, 0.2) is 0 Å². The number of para-hydroxylation sites is 1. The molecule has 0 aliphatic carbocycles. The molecule has 0 aliphatic heterocycles. The summed E-state index contributed by atoms with van der Waals surface area (Å²) in [5, 5.41) is 7.22.